The molecule has 1 rings (SSSR count). The van der Waals surface area contributed by atoms with Crippen LogP contribution < -0.4 is 14.8 Å². The fourth-order valence-electron chi connectivity index (χ4n) is 2.28. The van der Waals surface area contributed by atoms with Crippen molar-refractivity contribution in [2.24, 2.45) is 0 Å². The molecule has 0 radical (unpaired) electrons. The van der Waals surface area contributed by atoms with Crippen LogP contribution in [0.1, 0.15) is 46.1 Å². The fraction of sp³-hybridized carbons (Fsp3) is 0.647. The van der Waals surface area contributed by atoms with Gasteiger partial charge >= 0.3 is 0 Å². The topological polar surface area (TPSA) is 30.5 Å². The third kappa shape index (κ3) is 4.71. The number of nitrogens with one attached hydrogen (secondary N) is 1. The molecule has 0 amide bonds. The molecule has 0 saturated heterocycles. The van der Waals surface area contributed by atoms with E-state index in [1.807, 2.05) is 6.07 Å². The Hall–Kier alpha value is -1.22. The molecule has 2 unspecified atom stereocenters. The van der Waals surface area contributed by atoms with Crippen LogP contribution in [0.2, 0.25) is 0 Å². The van der Waals surface area contributed by atoms with Crippen molar-refractivity contribution in [2.45, 2.75) is 59.1 Å². The number of hydrogen-bond donors (Lipinski definition) is 1. The van der Waals surface area contributed by atoms with E-state index in [1.54, 1.807) is 7.11 Å². The predicted octanol–water partition coefficient (Wildman–Crippen LogP) is 3.80. The van der Waals surface area contributed by atoms with Gasteiger partial charge in [0, 0.05) is 6.04 Å². The van der Waals surface area contributed by atoms with E-state index in [4.69, 9.17) is 9.47 Å². The Morgan fingerprint density at radius 2 is 1.90 bits per heavy atom. The number of aryl methyl sites for hydroxylation is 1. The number of methoxy groups -OCH3 is 1. The summed E-state index contributed by atoms with van der Waals surface area (Å²) in [4.78, 5) is 0. The lowest BCUT2D eigenvalue weighted by molar-refractivity contribution is 0.161. The lowest BCUT2D eigenvalue weighted by Crippen LogP contribution is -2.41. The molecule has 0 saturated carbocycles. The van der Waals surface area contributed by atoms with Crippen LogP contribution in [0, 0.1) is 0 Å². The van der Waals surface area contributed by atoms with Gasteiger partial charge < -0.3 is 14.8 Å². The zero-order chi connectivity index (χ0) is 15.0. The molecule has 1 N–H and O–H groups in total. The lowest BCUT2D eigenvalue weighted by atomic mass is 10.1. The highest BCUT2D eigenvalue weighted by Gasteiger charge is 2.18. The monoisotopic (exact) mass is 279 g/mol. The molecule has 3 nitrogen and oxygen atoms in total. The van der Waals surface area contributed by atoms with E-state index in [0.717, 1.165) is 37.3 Å². The fourth-order valence-corrected chi connectivity index (χ4v) is 2.28. The minimum Gasteiger partial charge on any atom is -0.493 e. The second kappa shape index (κ2) is 8.85. The van der Waals surface area contributed by atoms with Crippen molar-refractivity contribution in [2.75, 3.05) is 13.7 Å². The second-order valence-corrected chi connectivity index (χ2v) is 5.13. The van der Waals surface area contributed by atoms with Crippen LogP contribution in [0.3, 0.4) is 0 Å². The first-order valence-corrected chi connectivity index (χ1v) is 7.73. The summed E-state index contributed by atoms with van der Waals surface area (Å²) in [5.74, 6) is 1.65. The SMILES string of the molecule is CCCNC(CC)C(C)Oc1ccc(CC)cc1OC. The van der Waals surface area contributed by atoms with E-state index in [-0.39, 0.29) is 6.10 Å². The molecule has 114 valence electrons. The van der Waals surface area contributed by atoms with Gasteiger partial charge in [0.05, 0.1) is 7.11 Å². The Bertz CT molecular complexity index is 393. The summed E-state index contributed by atoms with van der Waals surface area (Å²) in [7, 11) is 1.69. The molecule has 0 spiro atoms. The molecule has 1 aromatic rings. The Balaban J connectivity index is 2.75. The van der Waals surface area contributed by atoms with E-state index >= 15 is 0 Å². The van der Waals surface area contributed by atoms with Crippen LogP contribution in [0.25, 0.3) is 0 Å². The number of benzene rings is 1. The Morgan fingerprint density at radius 3 is 2.45 bits per heavy atom. The predicted molar refractivity (Wildman–Crippen MR) is 84.8 cm³/mol. The Kier molecular flexibility index (Phi) is 7.45. The van der Waals surface area contributed by atoms with Gasteiger partial charge in [0.25, 0.3) is 0 Å². The molecular formula is C17H29NO2. The summed E-state index contributed by atoms with van der Waals surface area (Å²) in [5, 5.41) is 3.53. The highest BCUT2D eigenvalue weighted by Crippen LogP contribution is 2.29. The van der Waals surface area contributed by atoms with E-state index in [2.05, 4.69) is 45.1 Å². The molecule has 0 bridgehead atoms. The molecule has 3 heteroatoms. The minimum absolute atomic E-state index is 0.118. The first-order valence-electron chi connectivity index (χ1n) is 7.73. The minimum atomic E-state index is 0.118. The first kappa shape index (κ1) is 16.8. The smallest absolute Gasteiger partial charge is 0.161 e. The molecule has 20 heavy (non-hydrogen) atoms. The average Bonchev–Trinajstić information content (AvgIpc) is 2.48. The third-order valence-corrected chi connectivity index (χ3v) is 3.61. The van der Waals surface area contributed by atoms with Gasteiger partial charge in [0.2, 0.25) is 0 Å². The molecule has 0 aliphatic rings. The summed E-state index contributed by atoms with van der Waals surface area (Å²) >= 11 is 0. The van der Waals surface area contributed by atoms with E-state index in [0.29, 0.717) is 6.04 Å². The van der Waals surface area contributed by atoms with Gasteiger partial charge in [-0.3, -0.25) is 0 Å². The summed E-state index contributed by atoms with van der Waals surface area (Å²) in [5.41, 5.74) is 1.26. The summed E-state index contributed by atoms with van der Waals surface area (Å²) in [6.07, 6.45) is 3.31. The normalized spacial score (nSPS) is 13.8. The standard InChI is InChI=1S/C17H29NO2/c1-6-11-18-15(8-3)13(4)20-16-10-9-14(7-2)12-17(16)19-5/h9-10,12-13,15,18H,6-8,11H2,1-5H3. The summed E-state index contributed by atoms with van der Waals surface area (Å²) < 4.78 is 11.5. The molecule has 0 aromatic heterocycles. The van der Waals surface area contributed by atoms with Crippen LogP contribution >= 0.6 is 0 Å². The van der Waals surface area contributed by atoms with Gasteiger partial charge in [-0.15, -0.1) is 0 Å². The highest BCUT2D eigenvalue weighted by molar-refractivity contribution is 5.43. The van der Waals surface area contributed by atoms with Gasteiger partial charge in [-0.25, -0.2) is 0 Å². The maximum atomic E-state index is 6.10. The molecule has 0 heterocycles. The van der Waals surface area contributed by atoms with Crippen LogP contribution in [0.15, 0.2) is 18.2 Å². The van der Waals surface area contributed by atoms with Crippen molar-refractivity contribution in [3.63, 3.8) is 0 Å². The van der Waals surface area contributed by atoms with Gasteiger partial charge in [-0.2, -0.15) is 0 Å². The largest absolute Gasteiger partial charge is 0.493 e. The van der Waals surface area contributed by atoms with Crippen molar-refractivity contribution in [3.8, 4) is 11.5 Å². The van der Waals surface area contributed by atoms with E-state index in [9.17, 15) is 0 Å². The number of hydrogen-bond acceptors (Lipinski definition) is 3. The molecule has 2 atom stereocenters. The quantitative estimate of drug-likeness (QED) is 0.745. The third-order valence-electron chi connectivity index (χ3n) is 3.61. The van der Waals surface area contributed by atoms with Crippen LogP contribution in [0.4, 0.5) is 0 Å². The van der Waals surface area contributed by atoms with Crippen molar-refractivity contribution in [3.05, 3.63) is 23.8 Å². The molecule has 1 aromatic carbocycles. The van der Waals surface area contributed by atoms with Crippen molar-refractivity contribution < 1.29 is 9.47 Å². The van der Waals surface area contributed by atoms with Crippen molar-refractivity contribution in [1.29, 1.82) is 0 Å². The van der Waals surface area contributed by atoms with Crippen LogP contribution in [-0.4, -0.2) is 25.8 Å². The van der Waals surface area contributed by atoms with Gasteiger partial charge in [-0.05, 0) is 50.4 Å². The van der Waals surface area contributed by atoms with Gasteiger partial charge in [0.15, 0.2) is 11.5 Å². The molecular weight excluding hydrogens is 250 g/mol. The van der Waals surface area contributed by atoms with Crippen molar-refractivity contribution in [1.82, 2.24) is 5.32 Å². The zero-order valence-corrected chi connectivity index (χ0v) is 13.5. The van der Waals surface area contributed by atoms with Crippen LogP contribution in [-0.2, 0) is 6.42 Å². The molecule has 0 aliphatic carbocycles. The van der Waals surface area contributed by atoms with Crippen molar-refractivity contribution >= 4 is 0 Å². The number of rotatable bonds is 9. The van der Waals surface area contributed by atoms with E-state index < -0.39 is 0 Å². The zero-order valence-electron chi connectivity index (χ0n) is 13.5. The van der Waals surface area contributed by atoms with E-state index in [1.165, 1.54) is 5.56 Å². The van der Waals surface area contributed by atoms with Gasteiger partial charge in [-0.1, -0.05) is 26.8 Å². The summed E-state index contributed by atoms with van der Waals surface area (Å²) in [6.45, 7) is 9.64. The molecule has 0 aliphatic heterocycles. The summed E-state index contributed by atoms with van der Waals surface area (Å²) in [6, 6.07) is 6.54. The Morgan fingerprint density at radius 1 is 1.15 bits per heavy atom. The first-order chi connectivity index (χ1) is 9.65. The lowest BCUT2D eigenvalue weighted by Gasteiger charge is -2.25. The second-order valence-electron chi connectivity index (χ2n) is 5.13. The molecule has 0 fully saturated rings. The Labute approximate surface area is 123 Å². The average molecular weight is 279 g/mol. The maximum Gasteiger partial charge on any atom is 0.161 e. The highest BCUT2D eigenvalue weighted by atomic mass is 16.5. The van der Waals surface area contributed by atoms with Gasteiger partial charge in [0.1, 0.15) is 6.10 Å². The van der Waals surface area contributed by atoms with Crippen LogP contribution in [0.5, 0.6) is 11.5 Å². The maximum absolute atomic E-state index is 6.10. The number of ether oxygens (including phenoxy) is 2.